The Bertz CT molecular complexity index is 680. The average molecular weight is 347 g/mol. The van der Waals surface area contributed by atoms with Crippen LogP contribution in [0.15, 0.2) is 40.9 Å². The van der Waals surface area contributed by atoms with Gasteiger partial charge in [0.2, 0.25) is 5.91 Å². The highest BCUT2D eigenvalue weighted by Crippen LogP contribution is 2.29. The number of nitrogens with two attached hydrogens (primary N) is 1. The van der Waals surface area contributed by atoms with Gasteiger partial charge < -0.3 is 15.8 Å². The monoisotopic (exact) mass is 346 g/mol. The van der Waals surface area contributed by atoms with E-state index in [0.717, 1.165) is 33.5 Å². The van der Waals surface area contributed by atoms with Crippen molar-refractivity contribution in [3.63, 3.8) is 0 Å². The Morgan fingerprint density at radius 1 is 1.24 bits per heavy atom. The molecule has 0 atom stereocenters. The molecule has 1 heterocycles. The number of carbonyl (C=O) groups excluding carboxylic acids is 1. The van der Waals surface area contributed by atoms with Crippen LogP contribution in [-0.2, 0) is 17.8 Å². The maximum Gasteiger partial charge on any atom is 0.224 e. The summed E-state index contributed by atoms with van der Waals surface area (Å²) in [5.41, 5.74) is 9.57. The van der Waals surface area contributed by atoms with Gasteiger partial charge in [-0.05, 0) is 42.3 Å². The molecule has 0 spiro atoms. The molecule has 5 heteroatoms. The van der Waals surface area contributed by atoms with E-state index in [0.29, 0.717) is 18.7 Å². The van der Waals surface area contributed by atoms with E-state index in [1.807, 2.05) is 36.4 Å². The first-order valence-corrected chi connectivity index (χ1v) is 7.51. The van der Waals surface area contributed by atoms with Crippen molar-refractivity contribution in [2.24, 2.45) is 0 Å². The lowest BCUT2D eigenvalue weighted by Gasteiger charge is -2.18. The standard InChI is InChI=1S/C16H15BrN2O2/c17-13-2-1-3-14(18)12(13)9-21-11-5-6-15-10(8-11)4-7-16(20)19-15/h1-3,5-6,8H,4,7,9,18H2,(H,19,20). The second-order valence-corrected chi connectivity index (χ2v) is 5.82. The number of fused-ring (bicyclic) bond motifs is 1. The summed E-state index contributed by atoms with van der Waals surface area (Å²) in [7, 11) is 0. The summed E-state index contributed by atoms with van der Waals surface area (Å²) in [5, 5.41) is 2.86. The highest BCUT2D eigenvalue weighted by Gasteiger charge is 2.15. The Labute approximate surface area is 131 Å². The molecule has 1 aliphatic rings. The molecule has 0 saturated carbocycles. The van der Waals surface area contributed by atoms with Gasteiger partial charge in [0, 0.05) is 27.8 Å². The predicted molar refractivity (Wildman–Crippen MR) is 86.3 cm³/mol. The van der Waals surface area contributed by atoms with Gasteiger partial charge in [-0.1, -0.05) is 22.0 Å². The molecule has 3 rings (SSSR count). The van der Waals surface area contributed by atoms with E-state index in [1.54, 1.807) is 0 Å². The molecule has 0 aliphatic carbocycles. The second kappa shape index (κ2) is 5.77. The molecule has 0 radical (unpaired) electrons. The van der Waals surface area contributed by atoms with Crippen molar-refractivity contribution in [3.8, 4) is 5.75 Å². The fourth-order valence-electron chi connectivity index (χ4n) is 2.33. The Hall–Kier alpha value is -2.01. The van der Waals surface area contributed by atoms with Crippen molar-refractivity contribution >= 4 is 33.2 Å². The predicted octanol–water partition coefficient (Wildman–Crippen LogP) is 3.50. The van der Waals surface area contributed by atoms with Crippen LogP contribution in [0.3, 0.4) is 0 Å². The molecule has 0 fully saturated rings. The Morgan fingerprint density at radius 3 is 2.90 bits per heavy atom. The number of anilines is 2. The van der Waals surface area contributed by atoms with E-state index >= 15 is 0 Å². The van der Waals surface area contributed by atoms with E-state index in [-0.39, 0.29) is 5.91 Å². The third kappa shape index (κ3) is 3.03. The Balaban J connectivity index is 1.76. The molecule has 1 amide bonds. The highest BCUT2D eigenvalue weighted by molar-refractivity contribution is 9.10. The van der Waals surface area contributed by atoms with Crippen LogP contribution in [0.5, 0.6) is 5.75 Å². The van der Waals surface area contributed by atoms with Crippen LogP contribution < -0.4 is 15.8 Å². The first-order valence-electron chi connectivity index (χ1n) is 6.72. The zero-order chi connectivity index (χ0) is 14.8. The lowest BCUT2D eigenvalue weighted by Crippen LogP contribution is -2.18. The van der Waals surface area contributed by atoms with Crippen molar-refractivity contribution in [2.75, 3.05) is 11.1 Å². The number of carbonyl (C=O) groups is 1. The normalized spacial score (nSPS) is 13.5. The average Bonchev–Trinajstić information content (AvgIpc) is 2.47. The molecule has 2 aromatic carbocycles. The van der Waals surface area contributed by atoms with Crippen LogP contribution in [0.25, 0.3) is 0 Å². The number of halogens is 1. The molecule has 0 saturated heterocycles. The summed E-state index contributed by atoms with van der Waals surface area (Å²) in [6.45, 7) is 0.401. The first kappa shape index (κ1) is 13.9. The molecule has 0 aromatic heterocycles. The molecule has 3 N–H and O–H groups in total. The fourth-order valence-corrected chi connectivity index (χ4v) is 2.83. The summed E-state index contributed by atoms with van der Waals surface area (Å²) in [6, 6.07) is 11.4. The maximum atomic E-state index is 11.3. The van der Waals surface area contributed by atoms with E-state index in [4.69, 9.17) is 10.5 Å². The summed E-state index contributed by atoms with van der Waals surface area (Å²) in [5.74, 6) is 0.845. The summed E-state index contributed by atoms with van der Waals surface area (Å²) < 4.78 is 6.76. The zero-order valence-electron chi connectivity index (χ0n) is 11.4. The third-order valence-electron chi connectivity index (χ3n) is 3.51. The van der Waals surface area contributed by atoms with Crippen molar-refractivity contribution in [3.05, 3.63) is 52.0 Å². The number of ether oxygens (including phenoxy) is 1. The van der Waals surface area contributed by atoms with Gasteiger partial charge >= 0.3 is 0 Å². The number of nitrogen functional groups attached to an aromatic ring is 1. The fraction of sp³-hybridized carbons (Fsp3) is 0.188. The maximum absolute atomic E-state index is 11.3. The van der Waals surface area contributed by atoms with Crippen LogP contribution in [0, 0.1) is 0 Å². The summed E-state index contributed by atoms with van der Waals surface area (Å²) >= 11 is 3.48. The van der Waals surface area contributed by atoms with Gasteiger partial charge in [-0.3, -0.25) is 4.79 Å². The molecule has 1 aliphatic heterocycles. The first-order chi connectivity index (χ1) is 10.1. The number of benzene rings is 2. The number of amides is 1. The van der Waals surface area contributed by atoms with Crippen LogP contribution in [0.2, 0.25) is 0 Å². The van der Waals surface area contributed by atoms with E-state index in [1.165, 1.54) is 0 Å². The largest absolute Gasteiger partial charge is 0.489 e. The second-order valence-electron chi connectivity index (χ2n) is 4.96. The lowest BCUT2D eigenvalue weighted by molar-refractivity contribution is -0.116. The molecular weight excluding hydrogens is 332 g/mol. The smallest absolute Gasteiger partial charge is 0.224 e. The van der Waals surface area contributed by atoms with E-state index in [9.17, 15) is 4.79 Å². The van der Waals surface area contributed by atoms with Gasteiger partial charge in [0.25, 0.3) is 0 Å². The topological polar surface area (TPSA) is 64.3 Å². The van der Waals surface area contributed by atoms with Crippen molar-refractivity contribution in [1.82, 2.24) is 0 Å². The SMILES string of the molecule is Nc1cccc(Br)c1COc1ccc2c(c1)CCC(=O)N2. The van der Waals surface area contributed by atoms with Gasteiger partial charge in [-0.2, -0.15) is 0 Å². The van der Waals surface area contributed by atoms with Gasteiger partial charge in [-0.25, -0.2) is 0 Å². The Morgan fingerprint density at radius 2 is 2.10 bits per heavy atom. The number of hydrogen-bond acceptors (Lipinski definition) is 3. The van der Waals surface area contributed by atoms with Gasteiger partial charge in [-0.15, -0.1) is 0 Å². The molecule has 0 unspecified atom stereocenters. The van der Waals surface area contributed by atoms with Gasteiger partial charge in [0.1, 0.15) is 12.4 Å². The zero-order valence-corrected chi connectivity index (χ0v) is 12.9. The van der Waals surface area contributed by atoms with Gasteiger partial charge in [0.05, 0.1) is 0 Å². The van der Waals surface area contributed by atoms with Crippen molar-refractivity contribution < 1.29 is 9.53 Å². The highest BCUT2D eigenvalue weighted by atomic mass is 79.9. The molecule has 4 nitrogen and oxygen atoms in total. The van der Waals surface area contributed by atoms with Gasteiger partial charge in [0.15, 0.2) is 0 Å². The number of aryl methyl sites for hydroxylation is 1. The minimum absolute atomic E-state index is 0.0668. The Kier molecular flexibility index (Phi) is 3.84. The molecular formula is C16H15BrN2O2. The van der Waals surface area contributed by atoms with Crippen LogP contribution in [0.1, 0.15) is 17.5 Å². The van der Waals surface area contributed by atoms with E-state index < -0.39 is 0 Å². The molecule has 0 bridgehead atoms. The van der Waals surface area contributed by atoms with Crippen LogP contribution in [-0.4, -0.2) is 5.91 Å². The number of nitrogens with one attached hydrogen (secondary N) is 1. The third-order valence-corrected chi connectivity index (χ3v) is 4.25. The van der Waals surface area contributed by atoms with Crippen molar-refractivity contribution in [2.45, 2.75) is 19.4 Å². The molecule has 2 aromatic rings. The minimum atomic E-state index is 0.0668. The van der Waals surface area contributed by atoms with Crippen LogP contribution >= 0.6 is 15.9 Å². The quantitative estimate of drug-likeness (QED) is 0.836. The number of rotatable bonds is 3. The lowest BCUT2D eigenvalue weighted by atomic mass is 10.0. The minimum Gasteiger partial charge on any atom is -0.489 e. The molecule has 21 heavy (non-hydrogen) atoms. The van der Waals surface area contributed by atoms with Crippen molar-refractivity contribution in [1.29, 1.82) is 0 Å². The van der Waals surface area contributed by atoms with E-state index in [2.05, 4.69) is 21.2 Å². The molecule has 108 valence electrons. The summed E-state index contributed by atoms with van der Waals surface area (Å²) in [4.78, 5) is 11.3. The summed E-state index contributed by atoms with van der Waals surface area (Å²) in [6.07, 6.45) is 1.27. The number of hydrogen-bond donors (Lipinski definition) is 2. The van der Waals surface area contributed by atoms with Crippen LogP contribution in [0.4, 0.5) is 11.4 Å².